The van der Waals surface area contributed by atoms with Crippen LogP contribution in [-0.4, -0.2) is 9.91 Å². The van der Waals surface area contributed by atoms with Crippen LogP contribution in [0, 0.1) is 15.9 Å². The molecule has 0 bridgehead atoms. The number of nitrogens with zero attached hydrogens (tertiary/aromatic N) is 2. The van der Waals surface area contributed by atoms with Crippen molar-refractivity contribution in [1.82, 2.24) is 4.98 Å². The Morgan fingerprint density at radius 2 is 1.95 bits per heavy atom. The summed E-state index contributed by atoms with van der Waals surface area (Å²) < 4.78 is 12.8. The lowest BCUT2D eigenvalue weighted by molar-refractivity contribution is -0.389. The smallest absolute Gasteiger partial charge is 0.363 e. The minimum absolute atomic E-state index is 0.0520. The van der Waals surface area contributed by atoms with Crippen LogP contribution in [0.5, 0.6) is 0 Å². The van der Waals surface area contributed by atoms with Crippen molar-refractivity contribution >= 4 is 11.5 Å². The Bertz CT molecular complexity index is 569. The van der Waals surface area contributed by atoms with E-state index >= 15 is 0 Å². The van der Waals surface area contributed by atoms with E-state index in [1.165, 1.54) is 24.4 Å². The van der Waals surface area contributed by atoms with E-state index in [2.05, 4.69) is 10.3 Å². The van der Waals surface area contributed by atoms with E-state index in [4.69, 9.17) is 0 Å². The predicted molar refractivity (Wildman–Crippen MR) is 69.3 cm³/mol. The van der Waals surface area contributed by atoms with Crippen molar-refractivity contribution < 1.29 is 9.31 Å². The summed E-state index contributed by atoms with van der Waals surface area (Å²) >= 11 is 0. The first-order chi connectivity index (χ1) is 9.06. The van der Waals surface area contributed by atoms with Crippen LogP contribution >= 0.6 is 0 Å². The Hall–Kier alpha value is -2.50. The van der Waals surface area contributed by atoms with E-state index in [9.17, 15) is 14.5 Å². The number of anilines is 1. The molecule has 0 unspecified atom stereocenters. The van der Waals surface area contributed by atoms with E-state index in [0.717, 1.165) is 5.56 Å². The summed E-state index contributed by atoms with van der Waals surface area (Å²) in [6.07, 6.45) is 1.40. The second kappa shape index (κ2) is 5.43. The van der Waals surface area contributed by atoms with Crippen LogP contribution in [-0.2, 0) is 0 Å². The molecule has 6 heteroatoms. The normalized spacial score (nSPS) is 11.9. The highest BCUT2D eigenvalue weighted by Gasteiger charge is 2.09. The van der Waals surface area contributed by atoms with E-state index in [-0.39, 0.29) is 17.7 Å². The van der Waals surface area contributed by atoms with E-state index in [1.54, 1.807) is 18.2 Å². The fraction of sp³-hybridized carbons (Fsp3) is 0.154. The van der Waals surface area contributed by atoms with E-state index in [0.29, 0.717) is 5.69 Å². The standard InChI is InChI=1S/C13H12FN3O2/c1-9(10-2-4-11(14)5-3-10)16-12-6-7-13(15-8-12)17(18)19/h2-9,16H,1H3/t9-/m1/s1. The van der Waals surface area contributed by atoms with Crippen molar-refractivity contribution in [2.75, 3.05) is 5.32 Å². The van der Waals surface area contributed by atoms with Crippen molar-refractivity contribution in [3.8, 4) is 0 Å². The number of pyridine rings is 1. The highest BCUT2D eigenvalue weighted by atomic mass is 19.1. The molecule has 0 saturated heterocycles. The molecule has 0 aliphatic rings. The minimum atomic E-state index is -0.548. The Morgan fingerprint density at radius 1 is 1.26 bits per heavy atom. The maximum Gasteiger partial charge on any atom is 0.363 e. The van der Waals surface area contributed by atoms with Gasteiger partial charge in [0.25, 0.3) is 0 Å². The summed E-state index contributed by atoms with van der Waals surface area (Å²) in [6.45, 7) is 1.91. The molecule has 19 heavy (non-hydrogen) atoms. The Morgan fingerprint density at radius 3 is 2.47 bits per heavy atom. The van der Waals surface area contributed by atoms with Gasteiger partial charge >= 0.3 is 5.82 Å². The van der Waals surface area contributed by atoms with Crippen LogP contribution < -0.4 is 5.32 Å². The van der Waals surface area contributed by atoms with Crippen LogP contribution in [0.25, 0.3) is 0 Å². The molecule has 98 valence electrons. The average molecular weight is 261 g/mol. The highest BCUT2D eigenvalue weighted by molar-refractivity contribution is 5.45. The van der Waals surface area contributed by atoms with Gasteiger partial charge in [-0.3, -0.25) is 0 Å². The number of benzene rings is 1. The van der Waals surface area contributed by atoms with Gasteiger partial charge in [-0.05, 0) is 40.6 Å². The average Bonchev–Trinajstić information content (AvgIpc) is 2.40. The maximum atomic E-state index is 12.8. The predicted octanol–water partition coefficient (Wildman–Crippen LogP) is 3.30. The second-order valence-corrected chi connectivity index (χ2v) is 4.08. The molecule has 2 rings (SSSR count). The number of hydrogen-bond donors (Lipinski definition) is 1. The van der Waals surface area contributed by atoms with Gasteiger partial charge < -0.3 is 15.4 Å². The lowest BCUT2D eigenvalue weighted by atomic mass is 10.1. The van der Waals surface area contributed by atoms with Crippen molar-refractivity contribution in [2.45, 2.75) is 13.0 Å². The molecule has 1 N–H and O–H groups in total. The van der Waals surface area contributed by atoms with Crippen LogP contribution in [0.15, 0.2) is 42.6 Å². The molecular weight excluding hydrogens is 249 g/mol. The van der Waals surface area contributed by atoms with Gasteiger partial charge in [0.15, 0.2) is 6.20 Å². The third-order valence-electron chi connectivity index (χ3n) is 2.69. The summed E-state index contributed by atoms with van der Waals surface area (Å²) in [7, 11) is 0. The molecule has 0 aliphatic heterocycles. The quantitative estimate of drug-likeness (QED) is 0.677. The second-order valence-electron chi connectivity index (χ2n) is 4.08. The van der Waals surface area contributed by atoms with Crippen LogP contribution in [0.1, 0.15) is 18.5 Å². The van der Waals surface area contributed by atoms with Gasteiger partial charge in [0.1, 0.15) is 5.82 Å². The zero-order chi connectivity index (χ0) is 13.8. The number of nitrogens with one attached hydrogen (secondary N) is 1. The molecule has 1 heterocycles. The molecule has 0 spiro atoms. The van der Waals surface area contributed by atoms with Gasteiger partial charge in [-0.15, -0.1) is 0 Å². The monoisotopic (exact) mass is 261 g/mol. The van der Waals surface area contributed by atoms with Crippen molar-refractivity contribution in [3.05, 3.63) is 64.1 Å². The number of nitro groups is 1. The molecule has 1 atom stereocenters. The zero-order valence-corrected chi connectivity index (χ0v) is 10.2. The lowest BCUT2D eigenvalue weighted by Crippen LogP contribution is -2.07. The van der Waals surface area contributed by atoms with Gasteiger partial charge in [0.2, 0.25) is 0 Å². The largest absolute Gasteiger partial charge is 0.375 e. The van der Waals surface area contributed by atoms with Crippen LogP contribution in [0.3, 0.4) is 0 Å². The van der Waals surface area contributed by atoms with Crippen LogP contribution in [0.4, 0.5) is 15.9 Å². The maximum absolute atomic E-state index is 12.8. The minimum Gasteiger partial charge on any atom is -0.375 e. The molecule has 0 aliphatic carbocycles. The Balaban J connectivity index is 2.08. The summed E-state index contributed by atoms with van der Waals surface area (Å²) in [5, 5.41) is 13.6. The molecule has 1 aromatic carbocycles. The molecule has 0 amide bonds. The van der Waals surface area contributed by atoms with Gasteiger partial charge in [-0.25, -0.2) is 4.39 Å². The van der Waals surface area contributed by atoms with Crippen molar-refractivity contribution in [1.29, 1.82) is 0 Å². The zero-order valence-electron chi connectivity index (χ0n) is 10.2. The van der Waals surface area contributed by atoms with Gasteiger partial charge in [-0.1, -0.05) is 12.1 Å². The van der Waals surface area contributed by atoms with Gasteiger partial charge in [0, 0.05) is 12.1 Å². The molecule has 5 nitrogen and oxygen atoms in total. The van der Waals surface area contributed by atoms with Crippen LogP contribution in [0.2, 0.25) is 0 Å². The van der Waals surface area contributed by atoms with Crippen molar-refractivity contribution in [2.24, 2.45) is 0 Å². The third-order valence-corrected chi connectivity index (χ3v) is 2.69. The SMILES string of the molecule is C[C@@H](Nc1ccc([N+](=O)[O-])nc1)c1ccc(F)cc1. The number of rotatable bonds is 4. The van der Waals surface area contributed by atoms with E-state index in [1.807, 2.05) is 6.92 Å². The summed E-state index contributed by atoms with van der Waals surface area (Å²) in [5.41, 5.74) is 1.59. The molecule has 0 radical (unpaired) electrons. The summed E-state index contributed by atoms with van der Waals surface area (Å²) in [6, 6.07) is 9.02. The molecule has 2 aromatic rings. The summed E-state index contributed by atoms with van der Waals surface area (Å²) in [5.74, 6) is -0.479. The first-order valence-electron chi connectivity index (χ1n) is 5.68. The Kier molecular flexibility index (Phi) is 3.70. The number of halogens is 1. The number of aromatic nitrogens is 1. The molecule has 1 aromatic heterocycles. The van der Waals surface area contributed by atoms with E-state index < -0.39 is 4.92 Å². The molecule has 0 saturated carbocycles. The summed E-state index contributed by atoms with van der Waals surface area (Å²) in [4.78, 5) is 13.6. The lowest BCUT2D eigenvalue weighted by Gasteiger charge is -2.14. The molecule has 0 fully saturated rings. The first kappa shape index (κ1) is 12.9. The highest BCUT2D eigenvalue weighted by Crippen LogP contribution is 2.20. The number of hydrogen-bond acceptors (Lipinski definition) is 4. The Labute approximate surface area is 109 Å². The van der Waals surface area contributed by atoms with Gasteiger partial charge in [0.05, 0.1) is 5.69 Å². The van der Waals surface area contributed by atoms with Gasteiger partial charge in [-0.2, -0.15) is 0 Å². The first-order valence-corrected chi connectivity index (χ1v) is 5.68. The fourth-order valence-electron chi connectivity index (χ4n) is 1.66. The third kappa shape index (κ3) is 3.25. The van der Waals surface area contributed by atoms with Crippen molar-refractivity contribution in [3.63, 3.8) is 0 Å². The topological polar surface area (TPSA) is 68.1 Å². The molecular formula is C13H12FN3O2. The fourth-order valence-corrected chi connectivity index (χ4v) is 1.66.